The van der Waals surface area contributed by atoms with Crippen molar-refractivity contribution in [2.75, 3.05) is 26.0 Å². The molecule has 0 aliphatic carbocycles. The van der Waals surface area contributed by atoms with Gasteiger partial charge in [0.1, 0.15) is 0 Å². The molecule has 2 heterocycles. The van der Waals surface area contributed by atoms with Gasteiger partial charge < -0.3 is 19.8 Å². The summed E-state index contributed by atoms with van der Waals surface area (Å²) in [6.45, 7) is 0. The Morgan fingerprint density at radius 2 is 1.38 bits per heavy atom. The molecular weight excluding hydrogens is 447 g/mol. The third-order valence-corrected chi connectivity index (χ3v) is 6.51. The predicted molar refractivity (Wildman–Crippen MR) is 124 cm³/mol. The van der Waals surface area contributed by atoms with Crippen molar-refractivity contribution in [1.82, 2.24) is 9.80 Å². The Balaban J connectivity index is 0.000000406. The molecule has 2 aromatic rings. The lowest BCUT2D eigenvalue weighted by Gasteiger charge is -2.43. The second-order valence-corrected chi connectivity index (χ2v) is 8.93. The topological polar surface area (TPSA) is 64.1 Å². The number of carbonyl (C=O) groups excluding carboxylic acids is 1. The molecule has 184 valence electrons. The summed E-state index contributed by atoms with van der Waals surface area (Å²) in [7, 11) is 5.87. The number of anilines is 2. The Labute approximate surface area is 197 Å². The molecule has 2 saturated heterocycles. The summed E-state index contributed by atoms with van der Waals surface area (Å²) >= 11 is 0. The van der Waals surface area contributed by atoms with Crippen LogP contribution in [0.3, 0.4) is 0 Å². The van der Waals surface area contributed by atoms with Crippen LogP contribution in [0.25, 0.3) is 0 Å². The van der Waals surface area contributed by atoms with E-state index in [1.165, 1.54) is 37.1 Å². The van der Waals surface area contributed by atoms with E-state index in [1.807, 2.05) is 12.1 Å². The summed E-state index contributed by atoms with van der Waals surface area (Å²) in [4.78, 5) is 27.8. The quantitative estimate of drug-likeness (QED) is 0.687. The first-order valence-electron chi connectivity index (χ1n) is 11.2. The SMILES string of the molecule is CN(C)C(=O)c1ccc(N(c2ccccc2)C2C[C@H]3CC[C@@H](C2)N3C)cc1.O=C(O)C(F)(F)F. The lowest BCUT2D eigenvalue weighted by atomic mass is 9.95. The Hall–Kier alpha value is -3.07. The molecule has 34 heavy (non-hydrogen) atoms. The maximum Gasteiger partial charge on any atom is 0.490 e. The van der Waals surface area contributed by atoms with E-state index in [4.69, 9.17) is 9.90 Å². The molecule has 2 bridgehead atoms. The smallest absolute Gasteiger partial charge is 0.475 e. The highest BCUT2D eigenvalue weighted by molar-refractivity contribution is 5.94. The number of rotatable bonds is 4. The van der Waals surface area contributed by atoms with Crippen molar-refractivity contribution in [2.24, 2.45) is 0 Å². The van der Waals surface area contributed by atoms with Crippen LogP contribution in [0.4, 0.5) is 24.5 Å². The lowest BCUT2D eigenvalue weighted by Crippen LogP contribution is -2.47. The molecule has 4 rings (SSSR count). The number of piperidine rings is 1. The fraction of sp³-hybridized carbons (Fsp3) is 0.440. The van der Waals surface area contributed by atoms with E-state index >= 15 is 0 Å². The minimum absolute atomic E-state index is 0.0464. The average molecular weight is 478 g/mol. The summed E-state index contributed by atoms with van der Waals surface area (Å²) in [5, 5.41) is 7.12. The zero-order chi connectivity index (χ0) is 25.0. The summed E-state index contributed by atoms with van der Waals surface area (Å²) in [5.74, 6) is -2.71. The molecule has 2 fully saturated rings. The van der Waals surface area contributed by atoms with Crippen molar-refractivity contribution in [2.45, 2.75) is 50.0 Å². The van der Waals surface area contributed by atoms with Crippen molar-refractivity contribution in [3.8, 4) is 0 Å². The number of fused-ring (bicyclic) bond motifs is 2. The van der Waals surface area contributed by atoms with Gasteiger partial charge in [0.25, 0.3) is 5.91 Å². The first-order valence-corrected chi connectivity index (χ1v) is 11.2. The molecule has 2 aromatic carbocycles. The number of hydrogen-bond acceptors (Lipinski definition) is 4. The molecule has 0 saturated carbocycles. The predicted octanol–water partition coefficient (Wildman–Crippen LogP) is 4.79. The van der Waals surface area contributed by atoms with Crippen LogP contribution in [-0.4, -0.2) is 72.2 Å². The highest BCUT2D eigenvalue weighted by Crippen LogP contribution is 2.40. The number of amides is 1. The van der Waals surface area contributed by atoms with E-state index in [9.17, 15) is 18.0 Å². The molecule has 2 aliphatic rings. The second kappa shape index (κ2) is 10.5. The third-order valence-electron chi connectivity index (χ3n) is 6.51. The van der Waals surface area contributed by atoms with E-state index in [1.54, 1.807) is 19.0 Å². The number of carbonyl (C=O) groups is 2. The van der Waals surface area contributed by atoms with Gasteiger partial charge in [-0.2, -0.15) is 13.2 Å². The Bertz CT molecular complexity index is 966. The summed E-state index contributed by atoms with van der Waals surface area (Å²) in [6, 6.07) is 20.7. The van der Waals surface area contributed by atoms with E-state index < -0.39 is 12.1 Å². The van der Waals surface area contributed by atoms with Gasteiger partial charge in [0.2, 0.25) is 0 Å². The fourth-order valence-corrected chi connectivity index (χ4v) is 4.78. The number of halogens is 3. The van der Waals surface area contributed by atoms with Crippen LogP contribution in [0.15, 0.2) is 54.6 Å². The van der Waals surface area contributed by atoms with Gasteiger partial charge in [0.05, 0.1) is 0 Å². The van der Waals surface area contributed by atoms with Crippen LogP contribution in [0.5, 0.6) is 0 Å². The standard InChI is InChI=1S/C23H29N3O.C2HF3O2/c1-24(2)23(27)17-9-11-19(12-10-17)26(18-7-5-4-6-8-18)22-15-20-13-14-21(16-22)25(20)3;3-2(4,5)1(6)7/h4-12,20-22H,13-16H2,1-3H3;(H,6,7)/t20-,21+,22?;. The Morgan fingerprint density at radius 3 is 1.82 bits per heavy atom. The number of para-hydroxylation sites is 1. The second-order valence-electron chi connectivity index (χ2n) is 8.93. The van der Waals surface area contributed by atoms with Crippen LogP contribution in [0, 0.1) is 0 Å². The van der Waals surface area contributed by atoms with E-state index in [0.29, 0.717) is 18.1 Å². The van der Waals surface area contributed by atoms with Gasteiger partial charge in [-0.05, 0) is 69.1 Å². The minimum atomic E-state index is -5.08. The third kappa shape index (κ3) is 5.88. The molecule has 1 amide bonds. The number of benzene rings is 2. The van der Waals surface area contributed by atoms with Gasteiger partial charge in [0, 0.05) is 49.2 Å². The van der Waals surface area contributed by atoms with Crippen LogP contribution < -0.4 is 4.90 Å². The summed E-state index contributed by atoms with van der Waals surface area (Å²) in [6.07, 6.45) is -0.0618. The number of aliphatic carboxylic acids is 1. The number of nitrogens with zero attached hydrogens (tertiary/aromatic N) is 3. The maximum absolute atomic E-state index is 12.2. The van der Waals surface area contributed by atoms with Gasteiger partial charge in [-0.25, -0.2) is 4.79 Å². The van der Waals surface area contributed by atoms with Gasteiger partial charge in [-0.1, -0.05) is 18.2 Å². The van der Waals surface area contributed by atoms with Crippen LogP contribution in [-0.2, 0) is 4.79 Å². The number of alkyl halides is 3. The molecule has 0 radical (unpaired) electrons. The lowest BCUT2D eigenvalue weighted by molar-refractivity contribution is -0.192. The van der Waals surface area contributed by atoms with E-state index in [2.05, 4.69) is 59.3 Å². The summed E-state index contributed by atoms with van der Waals surface area (Å²) < 4.78 is 31.7. The molecule has 9 heteroatoms. The van der Waals surface area contributed by atoms with Gasteiger partial charge in [-0.15, -0.1) is 0 Å². The zero-order valence-corrected chi connectivity index (χ0v) is 19.5. The molecule has 6 nitrogen and oxygen atoms in total. The maximum atomic E-state index is 12.2. The fourth-order valence-electron chi connectivity index (χ4n) is 4.78. The van der Waals surface area contributed by atoms with Gasteiger partial charge in [-0.3, -0.25) is 4.79 Å². The monoisotopic (exact) mass is 477 g/mol. The Morgan fingerprint density at radius 1 is 0.912 bits per heavy atom. The van der Waals surface area contributed by atoms with E-state index in [0.717, 1.165) is 5.56 Å². The largest absolute Gasteiger partial charge is 0.490 e. The molecule has 0 aromatic heterocycles. The van der Waals surface area contributed by atoms with Crippen LogP contribution in [0.1, 0.15) is 36.0 Å². The molecule has 2 aliphatic heterocycles. The molecule has 1 N–H and O–H groups in total. The van der Waals surface area contributed by atoms with Crippen LogP contribution in [0.2, 0.25) is 0 Å². The van der Waals surface area contributed by atoms with Gasteiger partial charge in [0.15, 0.2) is 0 Å². The van der Waals surface area contributed by atoms with Crippen molar-refractivity contribution >= 4 is 23.3 Å². The number of carboxylic acid groups (broad SMARTS) is 1. The van der Waals surface area contributed by atoms with Gasteiger partial charge >= 0.3 is 12.1 Å². The van der Waals surface area contributed by atoms with Crippen molar-refractivity contribution in [3.63, 3.8) is 0 Å². The highest BCUT2D eigenvalue weighted by atomic mass is 19.4. The zero-order valence-electron chi connectivity index (χ0n) is 19.5. The molecule has 3 atom stereocenters. The first kappa shape index (κ1) is 25.6. The van der Waals surface area contributed by atoms with Crippen molar-refractivity contribution in [3.05, 3.63) is 60.2 Å². The van der Waals surface area contributed by atoms with Crippen LogP contribution >= 0.6 is 0 Å². The molecular formula is C25H30F3N3O3. The van der Waals surface area contributed by atoms with Crippen molar-refractivity contribution in [1.29, 1.82) is 0 Å². The molecule has 0 spiro atoms. The average Bonchev–Trinajstić information content (AvgIpc) is 2.99. The normalized spacial score (nSPS) is 21.9. The number of carboxylic acids is 1. The molecule has 1 unspecified atom stereocenters. The number of hydrogen-bond donors (Lipinski definition) is 1. The first-order chi connectivity index (χ1) is 16.0. The summed E-state index contributed by atoms with van der Waals surface area (Å²) in [5.41, 5.74) is 3.14. The van der Waals surface area contributed by atoms with Crippen molar-refractivity contribution < 1.29 is 27.9 Å². The minimum Gasteiger partial charge on any atom is -0.475 e. The van der Waals surface area contributed by atoms with E-state index in [-0.39, 0.29) is 5.91 Å². The highest BCUT2D eigenvalue weighted by Gasteiger charge is 2.41. The Kier molecular flexibility index (Phi) is 7.86.